The first-order chi connectivity index (χ1) is 10.1. The summed E-state index contributed by atoms with van der Waals surface area (Å²) in [5, 5.41) is 0. The molecule has 3 nitrogen and oxygen atoms in total. The van der Waals surface area contributed by atoms with Crippen LogP contribution in [0.25, 0.3) is 0 Å². The summed E-state index contributed by atoms with van der Waals surface area (Å²) < 4.78 is 11.4. The first-order valence-corrected chi connectivity index (χ1v) is 7.47. The van der Waals surface area contributed by atoms with Crippen molar-refractivity contribution in [2.24, 2.45) is 0 Å². The van der Waals surface area contributed by atoms with Crippen molar-refractivity contribution in [2.45, 2.75) is 13.8 Å². The van der Waals surface area contributed by atoms with E-state index >= 15 is 0 Å². The smallest absolute Gasteiger partial charge is 0.193 e. The van der Waals surface area contributed by atoms with E-state index in [0.29, 0.717) is 17.7 Å². The number of ketones is 1. The number of carbonyl (C=O) groups excluding carboxylic acids is 1. The maximum absolute atomic E-state index is 12.6. The van der Waals surface area contributed by atoms with Gasteiger partial charge in [-0.2, -0.15) is 0 Å². The number of carbonyl (C=O) groups is 1. The van der Waals surface area contributed by atoms with Crippen molar-refractivity contribution >= 4 is 21.7 Å². The molecule has 110 valence electrons. The molecular weight excluding hydrogens is 332 g/mol. The molecule has 2 aromatic rings. The van der Waals surface area contributed by atoms with Gasteiger partial charge in [0.15, 0.2) is 5.78 Å². The highest BCUT2D eigenvalue weighted by Gasteiger charge is 2.14. The lowest BCUT2D eigenvalue weighted by atomic mass is 9.99. The van der Waals surface area contributed by atoms with Crippen LogP contribution in [-0.4, -0.2) is 19.5 Å². The van der Waals surface area contributed by atoms with Crippen LogP contribution in [0.1, 0.15) is 28.4 Å². The topological polar surface area (TPSA) is 35.5 Å². The van der Waals surface area contributed by atoms with Gasteiger partial charge >= 0.3 is 0 Å². The van der Waals surface area contributed by atoms with Crippen LogP contribution in [0.5, 0.6) is 11.5 Å². The van der Waals surface area contributed by atoms with Gasteiger partial charge in [0, 0.05) is 11.1 Å². The van der Waals surface area contributed by atoms with E-state index in [9.17, 15) is 4.79 Å². The first-order valence-electron chi connectivity index (χ1n) is 6.68. The van der Waals surface area contributed by atoms with Gasteiger partial charge in [-0.1, -0.05) is 0 Å². The Morgan fingerprint density at radius 3 is 2.43 bits per heavy atom. The van der Waals surface area contributed by atoms with Gasteiger partial charge in [-0.25, -0.2) is 0 Å². The lowest BCUT2D eigenvalue weighted by Crippen LogP contribution is -2.04. The Labute approximate surface area is 133 Å². The summed E-state index contributed by atoms with van der Waals surface area (Å²) in [6.07, 6.45) is 0. The van der Waals surface area contributed by atoms with Crippen molar-refractivity contribution in [1.82, 2.24) is 0 Å². The second kappa shape index (κ2) is 6.76. The molecule has 0 fully saturated rings. The average molecular weight is 349 g/mol. The Morgan fingerprint density at radius 2 is 1.86 bits per heavy atom. The first kappa shape index (κ1) is 15.6. The van der Waals surface area contributed by atoms with E-state index in [1.54, 1.807) is 25.3 Å². The normalized spacial score (nSPS) is 10.3. The zero-order chi connectivity index (χ0) is 15.4. The molecule has 0 aromatic heterocycles. The molecular formula is C17H17BrO3. The summed E-state index contributed by atoms with van der Waals surface area (Å²) in [5.74, 6) is 1.47. The van der Waals surface area contributed by atoms with E-state index in [4.69, 9.17) is 9.47 Å². The Balaban J connectivity index is 2.33. The van der Waals surface area contributed by atoms with Crippen LogP contribution < -0.4 is 9.47 Å². The highest BCUT2D eigenvalue weighted by Crippen LogP contribution is 2.29. The van der Waals surface area contributed by atoms with Gasteiger partial charge in [-0.15, -0.1) is 0 Å². The summed E-state index contributed by atoms with van der Waals surface area (Å²) in [6, 6.07) is 10.8. The van der Waals surface area contributed by atoms with Crippen LogP contribution in [-0.2, 0) is 0 Å². The van der Waals surface area contributed by atoms with Crippen molar-refractivity contribution in [2.75, 3.05) is 13.7 Å². The average Bonchev–Trinajstić information content (AvgIpc) is 2.49. The van der Waals surface area contributed by atoms with E-state index < -0.39 is 0 Å². The van der Waals surface area contributed by atoms with Gasteiger partial charge in [-0.3, -0.25) is 4.79 Å². The van der Waals surface area contributed by atoms with E-state index in [0.717, 1.165) is 21.5 Å². The molecule has 2 rings (SSSR count). The lowest BCUT2D eigenvalue weighted by Gasteiger charge is -2.10. The van der Waals surface area contributed by atoms with Crippen LogP contribution in [0, 0.1) is 6.92 Å². The zero-order valence-corrected chi connectivity index (χ0v) is 13.9. The maximum atomic E-state index is 12.6. The summed E-state index contributed by atoms with van der Waals surface area (Å²) in [5.41, 5.74) is 2.18. The second-order valence-electron chi connectivity index (χ2n) is 4.59. The maximum Gasteiger partial charge on any atom is 0.193 e. The number of aryl methyl sites for hydroxylation is 1. The molecule has 0 spiro atoms. The Bertz CT molecular complexity index is 648. The zero-order valence-electron chi connectivity index (χ0n) is 12.3. The van der Waals surface area contributed by atoms with Crippen LogP contribution in [0.2, 0.25) is 0 Å². The Kier molecular flexibility index (Phi) is 5.02. The molecule has 0 saturated carbocycles. The Hall–Kier alpha value is -1.81. The minimum absolute atomic E-state index is 0.0149. The summed E-state index contributed by atoms with van der Waals surface area (Å²) in [4.78, 5) is 12.6. The molecule has 0 aliphatic carbocycles. The van der Waals surface area contributed by atoms with Crippen molar-refractivity contribution in [3.8, 4) is 11.5 Å². The van der Waals surface area contributed by atoms with Crippen molar-refractivity contribution < 1.29 is 14.3 Å². The fourth-order valence-corrected chi connectivity index (χ4v) is 2.59. The van der Waals surface area contributed by atoms with Gasteiger partial charge < -0.3 is 9.47 Å². The minimum atomic E-state index is -0.0149. The quantitative estimate of drug-likeness (QED) is 0.751. The van der Waals surface area contributed by atoms with E-state index in [-0.39, 0.29) is 5.78 Å². The lowest BCUT2D eigenvalue weighted by molar-refractivity contribution is 0.103. The van der Waals surface area contributed by atoms with Gasteiger partial charge in [0.2, 0.25) is 0 Å². The number of hydrogen-bond acceptors (Lipinski definition) is 3. The van der Waals surface area contributed by atoms with E-state index in [1.807, 2.05) is 32.0 Å². The van der Waals surface area contributed by atoms with Crippen LogP contribution in [0.4, 0.5) is 0 Å². The number of hydrogen-bond donors (Lipinski definition) is 0. The van der Waals surface area contributed by atoms with Crippen LogP contribution >= 0.6 is 15.9 Å². The van der Waals surface area contributed by atoms with Crippen molar-refractivity contribution in [3.05, 3.63) is 57.6 Å². The number of ether oxygens (including phenoxy) is 2. The second-order valence-corrected chi connectivity index (χ2v) is 5.44. The third kappa shape index (κ3) is 3.45. The third-order valence-electron chi connectivity index (χ3n) is 3.17. The number of methoxy groups -OCH3 is 1. The number of benzene rings is 2. The SMILES string of the molecule is CCOc1ccc(C(=O)c2cc(Br)c(OC)cc2C)cc1. The van der Waals surface area contributed by atoms with Crippen LogP contribution in [0.3, 0.4) is 0 Å². The third-order valence-corrected chi connectivity index (χ3v) is 3.79. The molecule has 0 N–H and O–H groups in total. The minimum Gasteiger partial charge on any atom is -0.496 e. The van der Waals surface area contributed by atoms with Crippen molar-refractivity contribution in [3.63, 3.8) is 0 Å². The highest BCUT2D eigenvalue weighted by atomic mass is 79.9. The van der Waals surface area contributed by atoms with Gasteiger partial charge in [0.25, 0.3) is 0 Å². The highest BCUT2D eigenvalue weighted by molar-refractivity contribution is 9.10. The fourth-order valence-electron chi connectivity index (χ4n) is 2.08. The fraction of sp³-hybridized carbons (Fsp3) is 0.235. The molecule has 0 amide bonds. The Morgan fingerprint density at radius 1 is 1.19 bits per heavy atom. The molecule has 21 heavy (non-hydrogen) atoms. The van der Waals surface area contributed by atoms with Crippen LogP contribution in [0.15, 0.2) is 40.9 Å². The monoisotopic (exact) mass is 348 g/mol. The molecule has 2 aromatic carbocycles. The summed E-state index contributed by atoms with van der Waals surface area (Å²) in [6.45, 7) is 4.44. The molecule has 0 radical (unpaired) electrons. The van der Waals surface area contributed by atoms with Gasteiger partial charge in [-0.05, 0) is 71.7 Å². The molecule has 0 atom stereocenters. The number of rotatable bonds is 5. The van der Waals surface area contributed by atoms with E-state index in [2.05, 4.69) is 15.9 Å². The van der Waals surface area contributed by atoms with Crippen molar-refractivity contribution in [1.29, 1.82) is 0 Å². The molecule has 0 heterocycles. The largest absolute Gasteiger partial charge is 0.496 e. The molecule has 0 bridgehead atoms. The van der Waals surface area contributed by atoms with E-state index in [1.165, 1.54) is 0 Å². The predicted octanol–water partition coefficient (Wildman–Crippen LogP) is 4.40. The summed E-state index contributed by atoms with van der Waals surface area (Å²) in [7, 11) is 1.60. The van der Waals surface area contributed by atoms with Gasteiger partial charge in [0.1, 0.15) is 11.5 Å². The molecule has 0 unspecified atom stereocenters. The molecule has 0 saturated heterocycles. The van der Waals surface area contributed by atoms with Gasteiger partial charge in [0.05, 0.1) is 18.2 Å². The standard InChI is InChI=1S/C17H17BrO3/c1-4-21-13-7-5-12(6-8-13)17(19)14-10-15(18)16(20-3)9-11(14)2/h5-10H,4H2,1-3H3. The predicted molar refractivity (Wildman–Crippen MR) is 86.5 cm³/mol. The summed E-state index contributed by atoms with van der Waals surface area (Å²) >= 11 is 3.42. The molecule has 0 aliphatic heterocycles. The number of halogens is 1. The molecule has 0 aliphatic rings. The molecule has 4 heteroatoms.